The molecular formula is C13H18N8. The zero-order valence-corrected chi connectivity index (χ0v) is 12.2. The van der Waals surface area contributed by atoms with E-state index in [-0.39, 0.29) is 0 Å². The Balaban J connectivity index is 2.30. The molecule has 0 spiro atoms. The van der Waals surface area contributed by atoms with Crippen molar-refractivity contribution in [1.29, 1.82) is 5.26 Å². The van der Waals surface area contributed by atoms with Gasteiger partial charge in [-0.3, -0.25) is 0 Å². The molecule has 110 valence electrons. The highest BCUT2D eigenvalue weighted by Crippen LogP contribution is 2.12. The van der Waals surface area contributed by atoms with Crippen molar-refractivity contribution in [3.05, 3.63) is 18.5 Å². The lowest BCUT2D eigenvalue weighted by Crippen LogP contribution is -2.23. The molecule has 0 saturated heterocycles. The Kier molecular flexibility index (Phi) is 5.04. The minimum atomic E-state index is 0.414. The minimum absolute atomic E-state index is 0.414. The van der Waals surface area contributed by atoms with Crippen molar-refractivity contribution in [3.63, 3.8) is 0 Å². The summed E-state index contributed by atoms with van der Waals surface area (Å²) in [5.41, 5.74) is 0. The number of nitriles is 1. The molecule has 0 radical (unpaired) electrons. The maximum absolute atomic E-state index is 8.68. The van der Waals surface area contributed by atoms with Gasteiger partial charge in [-0.05, 0) is 12.5 Å². The molecule has 8 heteroatoms. The van der Waals surface area contributed by atoms with E-state index in [4.69, 9.17) is 5.26 Å². The predicted octanol–water partition coefficient (Wildman–Crippen LogP) is 1.23. The van der Waals surface area contributed by atoms with Gasteiger partial charge in [-0.2, -0.15) is 25.3 Å². The number of aromatic nitrogens is 5. The summed E-state index contributed by atoms with van der Waals surface area (Å²) >= 11 is 0. The average molecular weight is 286 g/mol. The van der Waals surface area contributed by atoms with Gasteiger partial charge in [0.25, 0.3) is 5.95 Å². The average Bonchev–Trinajstić information content (AvgIpc) is 3.04. The zero-order valence-electron chi connectivity index (χ0n) is 12.2. The Hall–Kier alpha value is -2.69. The fraction of sp³-hybridized carbons (Fsp3) is 0.462. The second kappa shape index (κ2) is 7.19. The molecule has 0 fully saturated rings. The van der Waals surface area contributed by atoms with E-state index in [9.17, 15) is 0 Å². The molecule has 0 saturated carbocycles. The summed E-state index contributed by atoms with van der Waals surface area (Å²) < 4.78 is 1.58. The van der Waals surface area contributed by atoms with Crippen molar-refractivity contribution >= 4 is 11.9 Å². The van der Waals surface area contributed by atoms with Crippen LogP contribution in [0.15, 0.2) is 18.5 Å². The van der Waals surface area contributed by atoms with Crippen LogP contribution in [0.2, 0.25) is 0 Å². The van der Waals surface area contributed by atoms with E-state index < -0.39 is 0 Å². The minimum Gasteiger partial charge on any atom is -0.354 e. The van der Waals surface area contributed by atoms with Gasteiger partial charge < -0.3 is 10.2 Å². The van der Waals surface area contributed by atoms with Gasteiger partial charge in [0.15, 0.2) is 0 Å². The molecular weight excluding hydrogens is 268 g/mol. The lowest BCUT2D eigenvalue weighted by atomic mass is 10.4. The first-order valence-corrected chi connectivity index (χ1v) is 6.82. The molecule has 2 aromatic heterocycles. The van der Waals surface area contributed by atoms with Crippen LogP contribution in [0.4, 0.5) is 11.9 Å². The first kappa shape index (κ1) is 14.7. The van der Waals surface area contributed by atoms with E-state index in [0.717, 1.165) is 13.0 Å². The van der Waals surface area contributed by atoms with E-state index in [1.54, 1.807) is 17.1 Å². The van der Waals surface area contributed by atoms with Gasteiger partial charge in [0, 0.05) is 32.5 Å². The fourth-order valence-corrected chi connectivity index (χ4v) is 1.65. The van der Waals surface area contributed by atoms with E-state index in [0.29, 0.717) is 30.8 Å². The number of nitrogens with one attached hydrogen (secondary N) is 1. The quantitative estimate of drug-likeness (QED) is 0.817. The van der Waals surface area contributed by atoms with Gasteiger partial charge in [0.1, 0.15) is 0 Å². The summed E-state index contributed by atoms with van der Waals surface area (Å²) in [6.45, 7) is 3.42. The van der Waals surface area contributed by atoms with Crippen LogP contribution < -0.4 is 10.2 Å². The standard InChI is InChI=1S/C13H18N8/c1-3-7-15-11-17-12(20(2)9-4-6-14)19-13(18-11)21-10-5-8-16-21/h5,8,10H,3-4,7,9H2,1-2H3,(H,15,17,18,19). The second-order valence-corrected chi connectivity index (χ2v) is 4.47. The first-order valence-electron chi connectivity index (χ1n) is 6.82. The molecule has 0 bridgehead atoms. The van der Waals surface area contributed by atoms with Gasteiger partial charge in [-0.1, -0.05) is 6.92 Å². The maximum atomic E-state index is 8.68. The van der Waals surface area contributed by atoms with E-state index in [1.807, 2.05) is 18.0 Å². The van der Waals surface area contributed by atoms with Crippen molar-refractivity contribution in [2.75, 3.05) is 30.4 Å². The molecule has 2 heterocycles. The molecule has 0 amide bonds. The van der Waals surface area contributed by atoms with Crippen molar-refractivity contribution in [2.24, 2.45) is 0 Å². The summed E-state index contributed by atoms with van der Waals surface area (Å²) in [4.78, 5) is 14.9. The summed E-state index contributed by atoms with van der Waals surface area (Å²) in [5, 5.41) is 16.0. The summed E-state index contributed by atoms with van der Waals surface area (Å²) in [7, 11) is 1.85. The smallest absolute Gasteiger partial charge is 0.257 e. The van der Waals surface area contributed by atoms with E-state index in [2.05, 4.69) is 38.4 Å². The third kappa shape index (κ3) is 3.89. The van der Waals surface area contributed by atoms with E-state index in [1.165, 1.54) is 0 Å². The third-order valence-electron chi connectivity index (χ3n) is 2.75. The van der Waals surface area contributed by atoms with Crippen LogP contribution in [-0.2, 0) is 0 Å². The summed E-state index contributed by atoms with van der Waals surface area (Å²) in [6, 6.07) is 3.92. The maximum Gasteiger partial charge on any atom is 0.257 e. The Morgan fingerprint density at radius 2 is 2.24 bits per heavy atom. The van der Waals surface area contributed by atoms with Crippen LogP contribution in [-0.4, -0.2) is 44.9 Å². The second-order valence-electron chi connectivity index (χ2n) is 4.47. The first-order chi connectivity index (χ1) is 10.2. The molecule has 0 unspecified atom stereocenters. The van der Waals surface area contributed by atoms with Gasteiger partial charge in [0.05, 0.1) is 12.5 Å². The molecule has 8 nitrogen and oxygen atoms in total. The van der Waals surface area contributed by atoms with Crippen LogP contribution >= 0.6 is 0 Å². The molecule has 1 N–H and O–H groups in total. The highest BCUT2D eigenvalue weighted by atomic mass is 15.4. The lowest BCUT2D eigenvalue weighted by molar-refractivity contribution is 0.772. The Morgan fingerprint density at radius 1 is 1.38 bits per heavy atom. The van der Waals surface area contributed by atoms with Gasteiger partial charge in [0.2, 0.25) is 11.9 Å². The van der Waals surface area contributed by atoms with Crippen LogP contribution in [0, 0.1) is 11.3 Å². The van der Waals surface area contributed by atoms with Crippen molar-refractivity contribution in [2.45, 2.75) is 19.8 Å². The van der Waals surface area contributed by atoms with Gasteiger partial charge >= 0.3 is 0 Å². The van der Waals surface area contributed by atoms with Crippen LogP contribution in [0.5, 0.6) is 0 Å². The van der Waals surface area contributed by atoms with Crippen LogP contribution in [0.1, 0.15) is 19.8 Å². The normalized spacial score (nSPS) is 10.1. The van der Waals surface area contributed by atoms with E-state index >= 15 is 0 Å². The highest BCUT2D eigenvalue weighted by molar-refractivity contribution is 5.39. The van der Waals surface area contributed by atoms with Crippen LogP contribution in [0.3, 0.4) is 0 Å². The number of rotatable bonds is 7. The van der Waals surface area contributed by atoms with Gasteiger partial charge in [-0.15, -0.1) is 0 Å². The Labute approximate surface area is 123 Å². The molecule has 2 rings (SSSR count). The number of hydrogen-bond donors (Lipinski definition) is 1. The van der Waals surface area contributed by atoms with Crippen molar-refractivity contribution in [1.82, 2.24) is 24.7 Å². The number of anilines is 2. The van der Waals surface area contributed by atoms with Crippen LogP contribution in [0.25, 0.3) is 5.95 Å². The summed E-state index contributed by atoms with van der Waals surface area (Å²) in [6.07, 6.45) is 4.83. The molecule has 0 aliphatic heterocycles. The highest BCUT2D eigenvalue weighted by Gasteiger charge is 2.11. The molecule has 0 aliphatic rings. The topological polar surface area (TPSA) is 95.6 Å². The summed E-state index contributed by atoms with van der Waals surface area (Å²) in [5.74, 6) is 1.48. The van der Waals surface area contributed by atoms with Gasteiger partial charge in [-0.25, -0.2) is 4.68 Å². The molecule has 2 aromatic rings. The fourth-order valence-electron chi connectivity index (χ4n) is 1.65. The van der Waals surface area contributed by atoms with Crippen molar-refractivity contribution in [3.8, 4) is 12.0 Å². The Morgan fingerprint density at radius 3 is 2.90 bits per heavy atom. The predicted molar refractivity (Wildman–Crippen MR) is 79.2 cm³/mol. The molecule has 0 aliphatic carbocycles. The molecule has 21 heavy (non-hydrogen) atoms. The molecule has 0 atom stereocenters. The number of nitrogens with zero attached hydrogens (tertiary/aromatic N) is 7. The SMILES string of the molecule is CCCNc1nc(N(C)CCC#N)nc(-n2cccn2)n1. The largest absolute Gasteiger partial charge is 0.354 e. The Bertz CT molecular complexity index is 601. The molecule has 0 aromatic carbocycles. The lowest BCUT2D eigenvalue weighted by Gasteiger charge is -2.16. The zero-order chi connectivity index (χ0) is 15.1. The number of hydrogen-bond acceptors (Lipinski definition) is 7. The third-order valence-corrected chi connectivity index (χ3v) is 2.75. The monoisotopic (exact) mass is 286 g/mol. The van der Waals surface area contributed by atoms with Crippen molar-refractivity contribution < 1.29 is 0 Å².